The molecule has 0 N–H and O–H groups in total. The first-order chi connectivity index (χ1) is 9.79. The Bertz CT molecular complexity index is 413. The van der Waals surface area contributed by atoms with Crippen LogP contribution < -0.4 is 0 Å². The predicted molar refractivity (Wildman–Crippen MR) is 103 cm³/mol. The SMILES string of the molecule is CC.CC.ClC1=C(c2ccccc2Cl)C=CCC1.SS. The van der Waals surface area contributed by atoms with E-state index in [0.29, 0.717) is 0 Å². The lowest BCUT2D eigenvalue weighted by atomic mass is 9.99. The first kappa shape index (κ1) is 22.3. The summed E-state index contributed by atoms with van der Waals surface area (Å²) < 4.78 is 0. The molecule has 114 valence electrons. The fraction of sp³-hybridized carbons (Fsp3) is 0.375. The molecule has 0 atom stereocenters. The van der Waals surface area contributed by atoms with Crippen LogP contribution >= 0.6 is 46.5 Å². The van der Waals surface area contributed by atoms with Gasteiger partial charge in [0.05, 0.1) is 0 Å². The summed E-state index contributed by atoms with van der Waals surface area (Å²) in [7, 11) is 0. The van der Waals surface area contributed by atoms with Crippen molar-refractivity contribution in [2.45, 2.75) is 40.5 Å². The van der Waals surface area contributed by atoms with Gasteiger partial charge < -0.3 is 0 Å². The topological polar surface area (TPSA) is 0 Å². The molecule has 20 heavy (non-hydrogen) atoms. The van der Waals surface area contributed by atoms with Crippen molar-refractivity contribution in [3.63, 3.8) is 0 Å². The zero-order valence-corrected chi connectivity index (χ0v) is 15.8. The van der Waals surface area contributed by atoms with Crippen LogP contribution in [-0.4, -0.2) is 0 Å². The quantitative estimate of drug-likeness (QED) is 0.381. The van der Waals surface area contributed by atoms with E-state index in [4.69, 9.17) is 23.2 Å². The molecule has 2 rings (SSSR count). The normalized spacial score (nSPS) is 12.2. The molecule has 0 radical (unpaired) electrons. The maximum Gasteiger partial charge on any atom is 0.0484 e. The number of benzene rings is 1. The van der Waals surface area contributed by atoms with Gasteiger partial charge in [-0.1, -0.05) is 81.2 Å². The van der Waals surface area contributed by atoms with Crippen molar-refractivity contribution in [2.24, 2.45) is 0 Å². The van der Waals surface area contributed by atoms with Crippen molar-refractivity contribution in [3.05, 3.63) is 52.0 Å². The number of hydrogen-bond acceptors (Lipinski definition) is 2. The van der Waals surface area contributed by atoms with Gasteiger partial charge in [-0.05, 0) is 24.5 Å². The van der Waals surface area contributed by atoms with Crippen LogP contribution in [0.15, 0.2) is 41.4 Å². The monoisotopic (exact) mass is 350 g/mol. The fourth-order valence-corrected chi connectivity index (χ4v) is 2.06. The fourth-order valence-electron chi connectivity index (χ4n) is 1.55. The van der Waals surface area contributed by atoms with E-state index in [2.05, 4.69) is 29.4 Å². The molecule has 0 amide bonds. The number of allylic oxidation sites excluding steroid dienone is 4. The summed E-state index contributed by atoms with van der Waals surface area (Å²) in [6.45, 7) is 8.00. The first-order valence-electron chi connectivity index (χ1n) is 6.79. The van der Waals surface area contributed by atoms with E-state index in [-0.39, 0.29) is 0 Å². The number of hydrogen-bond donors (Lipinski definition) is 2. The lowest BCUT2D eigenvalue weighted by Crippen LogP contribution is -1.90. The second-order valence-corrected chi connectivity index (χ2v) is 4.10. The molecule has 4 heteroatoms. The van der Waals surface area contributed by atoms with Crippen molar-refractivity contribution in [1.29, 1.82) is 0 Å². The zero-order valence-electron chi connectivity index (χ0n) is 12.5. The van der Waals surface area contributed by atoms with E-state index in [9.17, 15) is 0 Å². The Labute approximate surface area is 144 Å². The van der Waals surface area contributed by atoms with Gasteiger partial charge in [0.25, 0.3) is 0 Å². The van der Waals surface area contributed by atoms with Crippen molar-refractivity contribution in [2.75, 3.05) is 0 Å². The second-order valence-electron chi connectivity index (χ2n) is 3.24. The molecule has 0 fully saturated rings. The molecule has 0 bridgehead atoms. The van der Waals surface area contributed by atoms with Gasteiger partial charge in [-0.3, -0.25) is 0 Å². The third-order valence-electron chi connectivity index (χ3n) is 2.27. The average Bonchev–Trinajstić information content (AvgIpc) is 2.55. The highest BCUT2D eigenvalue weighted by Crippen LogP contribution is 2.33. The van der Waals surface area contributed by atoms with Gasteiger partial charge in [0, 0.05) is 15.6 Å². The third-order valence-corrected chi connectivity index (χ3v) is 2.99. The van der Waals surface area contributed by atoms with Gasteiger partial charge >= 0.3 is 0 Å². The predicted octanol–water partition coefficient (Wildman–Crippen LogP) is 7.45. The molecular weight excluding hydrogens is 327 g/mol. The Balaban J connectivity index is 0. The molecule has 0 heterocycles. The molecule has 1 aliphatic rings. The van der Waals surface area contributed by atoms with Crippen LogP contribution in [0.1, 0.15) is 46.1 Å². The molecular formula is C16H24Cl2S2. The van der Waals surface area contributed by atoms with Crippen LogP contribution in [0.25, 0.3) is 5.57 Å². The van der Waals surface area contributed by atoms with E-state index in [1.54, 1.807) is 0 Å². The van der Waals surface area contributed by atoms with Gasteiger partial charge in [0.2, 0.25) is 0 Å². The lowest BCUT2D eigenvalue weighted by molar-refractivity contribution is 1.02. The van der Waals surface area contributed by atoms with Crippen molar-refractivity contribution < 1.29 is 0 Å². The van der Waals surface area contributed by atoms with Crippen LogP contribution in [0.2, 0.25) is 5.02 Å². The van der Waals surface area contributed by atoms with E-state index >= 15 is 0 Å². The van der Waals surface area contributed by atoms with Gasteiger partial charge in [0.15, 0.2) is 0 Å². The summed E-state index contributed by atoms with van der Waals surface area (Å²) in [5.74, 6) is 0. The highest BCUT2D eigenvalue weighted by atomic mass is 35.5. The largest absolute Gasteiger partial charge is 0.115 e. The molecule has 1 aromatic carbocycles. The summed E-state index contributed by atoms with van der Waals surface area (Å²) in [5, 5.41) is 1.66. The summed E-state index contributed by atoms with van der Waals surface area (Å²) in [6.07, 6.45) is 6.11. The minimum atomic E-state index is 0.757. The van der Waals surface area contributed by atoms with Crippen molar-refractivity contribution in [3.8, 4) is 0 Å². The van der Waals surface area contributed by atoms with Gasteiger partial charge in [0.1, 0.15) is 0 Å². The Morgan fingerprint density at radius 3 is 2.00 bits per heavy atom. The third kappa shape index (κ3) is 7.68. The molecule has 1 aromatic rings. The second kappa shape index (κ2) is 15.4. The molecule has 0 unspecified atom stereocenters. The maximum atomic E-state index is 6.16. The van der Waals surface area contributed by atoms with E-state index in [1.807, 2.05) is 58.0 Å². The summed E-state index contributed by atoms with van der Waals surface area (Å²) in [6, 6.07) is 7.78. The van der Waals surface area contributed by atoms with Gasteiger partial charge in [-0.15, -0.1) is 23.3 Å². The zero-order chi connectivity index (χ0) is 16.0. The molecule has 0 spiro atoms. The van der Waals surface area contributed by atoms with Crippen LogP contribution in [0, 0.1) is 0 Å². The van der Waals surface area contributed by atoms with Crippen LogP contribution in [0.3, 0.4) is 0 Å². The number of thiol groups is 2. The molecule has 0 aliphatic heterocycles. The first-order valence-corrected chi connectivity index (χ1v) is 9.15. The number of halogens is 2. The lowest BCUT2D eigenvalue weighted by Gasteiger charge is -2.12. The van der Waals surface area contributed by atoms with Gasteiger partial charge in [-0.2, -0.15) is 0 Å². The van der Waals surface area contributed by atoms with E-state index < -0.39 is 0 Å². The van der Waals surface area contributed by atoms with Gasteiger partial charge in [-0.25, -0.2) is 0 Å². The van der Waals surface area contributed by atoms with Crippen LogP contribution in [0.4, 0.5) is 0 Å². The van der Waals surface area contributed by atoms with Crippen LogP contribution in [-0.2, 0) is 0 Å². The van der Waals surface area contributed by atoms with E-state index in [0.717, 1.165) is 34.0 Å². The Kier molecular flexibility index (Phi) is 17.1. The highest BCUT2D eigenvalue weighted by Gasteiger charge is 2.10. The molecule has 0 saturated carbocycles. The summed E-state index contributed by atoms with van der Waals surface area (Å²) >= 11 is 18.7. The Hall–Kier alpha value is -0.0200. The molecule has 0 saturated heterocycles. The molecule has 0 nitrogen and oxygen atoms in total. The molecule has 0 aromatic heterocycles. The van der Waals surface area contributed by atoms with E-state index in [1.165, 1.54) is 0 Å². The maximum absolute atomic E-state index is 6.16. The minimum Gasteiger partial charge on any atom is -0.115 e. The van der Waals surface area contributed by atoms with Crippen molar-refractivity contribution in [1.82, 2.24) is 0 Å². The Morgan fingerprint density at radius 2 is 1.50 bits per heavy atom. The standard InChI is InChI=1S/C12H10Cl2.2C2H6.H2S2/c13-11-7-3-1-5-9(11)10-6-2-4-8-12(10)14;3*1-2/h1-3,5-7H,4,8H2;2*1-2H3;1-2H. The summed E-state index contributed by atoms with van der Waals surface area (Å²) in [5.41, 5.74) is 2.08. The van der Waals surface area contributed by atoms with Crippen molar-refractivity contribution >= 4 is 52.1 Å². The Morgan fingerprint density at radius 1 is 0.950 bits per heavy atom. The average molecular weight is 351 g/mol. The highest BCUT2D eigenvalue weighted by molar-refractivity contribution is 8.59. The summed E-state index contributed by atoms with van der Waals surface area (Å²) in [4.78, 5) is 0. The van der Waals surface area contributed by atoms with Crippen LogP contribution in [0.5, 0.6) is 0 Å². The minimum absolute atomic E-state index is 0.757. The molecule has 1 aliphatic carbocycles. The number of rotatable bonds is 1. The smallest absolute Gasteiger partial charge is 0.0484 e.